The minimum atomic E-state index is -1.48. The average molecular weight is 273 g/mol. The molecule has 1 fully saturated rings. The monoisotopic (exact) mass is 274 g/mol. The first-order valence-corrected chi connectivity index (χ1v) is 15.8. The number of hydrogen-bond donors (Lipinski definition) is 0. The molecule has 0 saturated heterocycles. The molecule has 1 saturated carbocycles. The standard InChI is InChI=1S/C8H13.3CH3.Sn/c1-2-8-6-4-3-5-7-8;;;;/h2H,1,3-7H2;3*1H3;. The third-order valence-electron chi connectivity index (χ3n) is 2.50. The van der Waals surface area contributed by atoms with Crippen molar-refractivity contribution < 1.29 is 0 Å². The SMILES string of the molecule is [CH3][Sn]([CH3])([CH3])[CH2]C=C1CCCCC1. The number of rotatable bonds is 2. The van der Waals surface area contributed by atoms with Crippen molar-refractivity contribution in [2.75, 3.05) is 0 Å². The fraction of sp³-hybridized carbons (Fsp3) is 0.818. The second kappa shape index (κ2) is 4.69. The molecule has 0 heterocycles. The first kappa shape index (κ1) is 10.6. The van der Waals surface area contributed by atoms with Crippen LogP contribution < -0.4 is 0 Å². The van der Waals surface area contributed by atoms with Crippen LogP contribution in [0.4, 0.5) is 0 Å². The molecule has 1 rings (SSSR count). The third kappa shape index (κ3) is 4.54. The van der Waals surface area contributed by atoms with Crippen LogP contribution >= 0.6 is 0 Å². The predicted molar refractivity (Wildman–Crippen MR) is 59.3 cm³/mol. The van der Waals surface area contributed by atoms with Gasteiger partial charge in [-0.05, 0) is 0 Å². The van der Waals surface area contributed by atoms with E-state index in [9.17, 15) is 0 Å². The van der Waals surface area contributed by atoms with Gasteiger partial charge in [0, 0.05) is 0 Å². The Morgan fingerprint density at radius 2 is 1.67 bits per heavy atom. The number of hydrogen-bond acceptors (Lipinski definition) is 0. The molecule has 0 nitrogen and oxygen atoms in total. The molecule has 0 spiro atoms. The van der Waals surface area contributed by atoms with Gasteiger partial charge in [-0.1, -0.05) is 0 Å². The van der Waals surface area contributed by atoms with Gasteiger partial charge in [-0.15, -0.1) is 0 Å². The van der Waals surface area contributed by atoms with Crippen molar-refractivity contribution in [3.8, 4) is 0 Å². The molecule has 0 amide bonds. The zero-order valence-electron chi connectivity index (χ0n) is 8.82. The molecule has 1 heteroatoms. The van der Waals surface area contributed by atoms with Crippen molar-refractivity contribution in [2.24, 2.45) is 0 Å². The summed E-state index contributed by atoms with van der Waals surface area (Å²) in [4.78, 5) is 7.57. The van der Waals surface area contributed by atoms with Gasteiger partial charge in [0.05, 0.1) is 0 Å². The predicted octanol–water partition coefficient (Wildman–Crippen LogP) is 4.22. The third-order valence-corrected chi connectivity index (χ3v) is 6.58. The molecule has 0 unspecified atom stereocenters. The summed E-state index contributed by atoms with van der Waals surface area (Å²) in [5.74, 6) is 0. The Morgan fingerprint density at radius 3 is 2.17 bits per heavy atom. The van der Waals surface area contributed by atoms with Gasteiger partial charge in [-0.25, -0.2) is 0 Å². The Morgan fingerprint density at radius 1 is 1.08 bits per heavy atom. The van der Waals surface area contributed by atoms with Crippen LogP contribution in [0.25, 0.3) is 0 Å². The van der Waals surface area contributed by atoms with E-state index in [-0.39, 0.29) is 0 Å². The summed E-state index contributed by atoms with van der Waals surface area (Å²) in [5, 5.41) is 0. The van der Waals surface area contributed by atoms with E-state index in [1.54, 1.807) is 5.57 Å². The van der Waals surface area contributed by atoms with Gasteiger partial charge >= 0.3 is 81.4 Å². The van der Waals surface area contributed by atoms with E-state index in [2.05, 4.69) is 20.9 Å². The molecule has 1 aliphatic rings. The van der Waals surface area contributed by atoms with Crippen molar-refractivity contribution in [3.63, 3.8) is 0 Å². The van der Waals surface area contributed by atoms with Crippen molar-refractivity contribution in [1.82, 2.24) is 0 Å². The molecule has 0 aromatic heterocycles. The Bertz CT molecular complexity index is 154. The summed E-state index contributed by atoms with van der Waals surface area (Å²) < 4.78 is 1.46. The maximum absolute atomic E-state index is 2.58. The molecule has 1 aliphatic carbocycles. The second-order valence-electron chi connectivity index (χ2n) is 5.19. The van der Waals surface area contributed by atoms with Gasteiger partial charge < -0.3 is 0 Å². The average Bonchev–Trinajstić information content (AvgIpc) is 2.02. The Kier molecular flexibility index (Phi) is 4.15. The Labute approximate surface area is 81.3 Å². The van der Waals surface area contributed by atoms with Crippen molar-refractivity contribution in [3.05, 3.63) is 11.6 Å². The summed E-state index contributed by atoms with van der Waals surface area (Å²) in [6.45, 7) is 0. The van der Waals surface area contributed by atoms with E-state index < -0.39 is 18.4 Å². The van der Waals surface area contributed by atoms with E-state index in [4.69, 9.17) is 0 Å². The minimum absolute atomic E-state index is 1.40. The topological polar surface area (TPSA) is 0 Å². The van der Waals surface area contributed by atoms with E-state index in [1.165, 1.54) is 36.5 Å². The molecular formula is C11H22Sn. The summed E-state index contributed by atoms with van der Waals surface area (Å²) in [7, 11) is 0. The maximum atomic E-state index is 2.58. The van der Waals surface area contributed by atoms with E-state index in [0.717, 1.165) is 0 Å². The molecule has 0 atom stereocenters. The van der Waals surface area contributed by atoms with Crippen molar-refractivity contribution >= 4 is 18.4 Å². The van der Waals surface area contributed by atoms with Gasteiger partial charge in [0.2, 0.25) is 0 Å². The molecule has 12 heavy (non-hydrogen) atoms. The fourth-order valence-electron chi connectivity index (χ4n) is 1.66. The van der Waals surface area contributed by atoms with Crippen LogP contribution in [0, 0.1) is 0 Å². The molecule has 0 aromatic carbocycles. The summed E-state index contributed by atoms with van der Waals surface area (Å²) >= 11 is -1.48. The normalized spacial score (nSPS) is 19.4. The van der Waals surface area contributed by atoms with E-state index in [1.807, 2.05) is 0 Å². The first-order chi connectivity index (χ1) is 5.58. The zero-order valence-corrected chi connectivity index (χ0v) is 11.7. The van der Waals surface area contributed by atoms with Crippen LogP contribution in [0.2, 0.25) is 19.3 Å². The van der Waals surface area contributed by atoms with Gasteiger partial charge in [-0.3, -0.25) is 0 Å². The van der Waals surface area contributed by atoms with Gasteiger partial charge in [0.25, 0.3) is 0 Å². The van der Waals surface area contributed by atoms with E-state index >= 15 is 0 Å². The molecule has 0 N–H and O–H groups in total. The first-order valence-electron chi connectivity index (χ1n) is 5.26. The second-order valence-corrected chi connectivity index (χ2v) is 21.0. The van der Waals surface area contributed by atoms with Gasteiger partial charge in [-0.2, -0.15) is 0 Å². The van der Waals surface area contributed by atoms with E-state index in [0.29, 0.717) is 0 Å². The van der Waals surface area contributed by atoms with Crippen molar-refractivity contribution in [2.45, 2.75) is 51.4 Å². The summed E-state index contributed by atoms with van der Waals surface area (Å²) in [6, 6.07) is 0. The van der Waals surface area contributed by atoms with Crippen molar-refractivity contribution in [1.29, 1.82) is 0 Å². The summed E-state index contributed by atoms with van der Waals surface area (Å²) in [5.41, 5.74) is 1.77. The molecule has 0 bridgehead atoms. The van der Waals surface area contributed by atoms with Gasteiger partial charge in [0.1, 0.15) is 0 Å². The number of allylic oxidation sites excluding steroid dienone is 2. The molecule has 70 valence electrons. The zero-order chi connectivity index (χ0) is 9.03. The molecule has 0 aliphatic heterocycles. The Hall–Kier alpha value is 0.539. The van der Waals surface area contributed by atoms with Gasteiger partial charge in [0.15, 0.2) is 0 Å². The van der Waals surface area contributed by atoms with Crippen LogP contribution in [0.3, 0.4) is 0 Å². The molecule has 0 radical (unpaired) electrons. The van der Waals surface area contributed by atoms with Crippen LogP contribution in [0.5, 0.6) is 0 Å². The molecule has 0 aromatic rings. The summed E-state index contributed by atoms with van der Waals surface area (Å²) in [6.07, 6.45) is 9.76. The van der Waals surface area contributed by atoms with Crippen LogP contribution in [-0.2, 0) is 0 Å². The Balaban J connectivity index is 2.35. The molecular weight excluding hydrogens is 251 g/mol. The van der Waals surface area contributed by atoms with Crippen LogP contribution in [0.15, 0.2) is 11.6 Å². The van der Waals surface area contributed by atoms with Crippen LogP contribution in [-0.4, -0.2) is 18.4 Å². The quantitative estimate of drug-likeness (QED) is 0.522. The van der Waals surface area contributed by atoms with Crippen LogP contribution in [0.1, 0.15) is 32.1 Å². The fourth-order valence-corrected chi connectivity index (χ4v) is 4.23.